The van der Waals surface area contributed by atoms with Gasteiger partial charge in [-0.2, -0.15) is 0 Å². The van der Waals surface area contributed by atoms with Gasteiger partial charge in [-0.25, -0.2) is 4.79 Å². The highest BCUT2D eigenvalue weighted by atomic mass is 16.5. The van der Waals surface area contributed by atoms with Gasteiger partial charge in [0.25, 0.3) is 0 Å². The zero-order chi connectivity index (χ0) is 16.7. The van der Waals surface area contributed by atoms with E-state index >= 15 is 0 Å². The van der Waals surface area contributed by atoms with E-state index in [4.69, 9.17) is 9.47 Å². The van der Waals surface area contributed by atoms with Crippen LogP contribution in [-0.2, 0) is 4.74 Å². The monoisotopic (exact) mass is 330 g/mol. The molecule has 0 spiro atoms. The summed E-state index contributed by atoms with van der Waals surface area (Å²) in [7, 11) is 0. The molecule has 5 atom stereocenters. The smallest absolute Gasteiger partial charge is 0.321 e. The van der Waals surface area contributed by atoms with Crippen molar-refractivity contribution in [1.29, 1.82) is 0 Å². The Morgan fingerprint density at radius 1 is 1.33 bits per heavy atom. The van der Waals surface area contributed by atoms with Gasteiger partial charge in [0.2, 0.25) is 0 Å². The Morgan fingerprint density at radius 3 is 2.71 bits per heavy atom. The Bertz CT molecular complexity index is 602. The van der Waals surface area contributed by atoms with Gasteiger partial charge in [0.1, 0.15) is 5.75 Å². The molecule has 0 aromatic heterocycles. The predicted molar refractivity (Wildman–Crippen MR) is 92.3 cm³/mol. The van der Waals surface area contributed by atoms with Crippen LogP contribution >= 0.6 is 0 Å². The molecule has 24 heavy (non-hydrogen) atoms. The van der Waals surface area contributed by atoms with Gasteiger partial charge in [0.15, 0.2) is 0 Å². The van der Waals surface area contributed by atoms with Crippen molar-refractivity contribution in [1.82, 2.24) is 4.90 Å². The largest absolute Gasteiger partial charge is 0.491 e. The number of urea groups is 1. The fourth-order valence-corrected chi connectivity index (χ4v) is 4.29. The number of fused-ring (bicyclic) bond motifs is 5. The summed E-state index contributed by atoms with van der Waals surface area (Å²) in [5, 5.41) is 3.02. The van der Waals surface area contributed by atoms with E-state index in [2.05, 4.69) is 12.2 Å². The van der Waals surface area contributed by atoms with Gasteiger partial charge in [-0.05, 0) is 38.3 Å². The van der Waals surface area contributed by atoms with E-state index in [1.165, 1.54) is 0 Å². The summed E-state index contributed by atoms with van der Waals surface area (Å²) >= 11 is 0. The van der Waals surface area contributed by atoms with E-state index in [1.54, 1.807) is 0 Å². The standard InChI is InChI=1S/C19H26N2O3/c1-3-12(2)23-14-6-4-5-13(9-14)20-19(22)21-10-15-16(11-21)18-8-7-17(15)24-18/h4-6,9,12,15-18H,3,7-8,10-11H2,1-2H3,(H,20,22)/t12-,15-,16-,17+,18+/m0/s1. The average Bonchev–Trinajstić information content (AvgIpc) is 3.27. The number of hydrogen-bond acceptors (Lipinski definition) is 3. The van der Waals surface area contributed by atoms with Crippen molar-refractivity contribution in [3.63, 3.8) is 0 Å². The summed E-state index contributed by atoms with van der Waals surface area (Å²) in [6.07, 6.45) is 4.21. The van der Waals surface area contributed by atoms with E-state index in [1.807, 2.05) is 36.1 Å². The molecule has 1 aromatic carbocycles. The number of benzene rings is 1. The summed E-state index contributed by atoms with van der Waals surface area (Å²) in [5.41, 5.74) is 0.789. The second-order valence-corrected chi connectivity index (χ2v) is 7.32. The highest BCUT2D eigenvalue weighted by molar-refractivity contribution is 5.89. The van der Waals surface area contributed by atoms with E-state index in [9.17, 15) is 4.79 Å². The van der Waals surface area contributed by atoms with Gasteiger partial charge in [-0.15, -0.1) is 0 Å². The number of amides is 2. The maximum atomic E-state index is 12.6. The first-order valence-electron chi connectivity index (χ1n) is 9.12. The van der Waals surface area contributed by atoms with Crippen molar-refractivity contribution in [2.24, 2.45) is 11.8 Å². The topological polar surface area (TPSA) is 50.8 Å². The first-order valence-corrected chi connectivity index (χ1v) is 9.12. The number of nitrogens with one attached hydrogen (secondary N) is 1. The number of carbonyl (C=O) groups is 1. The summed E-state index contributed by atoms with van der Waals surface area (Å²) in [6, 6.07) is 7.64. The third-order valence-electron chi connectivity index (χ3n) is 5.74. The van der Waals surface area contributed by atoms with E-state index in [0.717, 1.165) is 43.8 Å². The van der Waals surface area contributed by atoms with E-state index in [0.29, 0.717) is 24.0 Å². The summed E-state index contributed by atoms with van der Waals surface area (Å²) in [4.78, 5) is 14.6. The molecular formula is C19H26N2O3. The fourth-order valence-electron chi connectivity index (χ4n) is 4.29. The number of anilines is 1. The maximum absolute atomic E-state index is 12.6. The van der Waals surface area contributed by atoms with Crippen LogP contribution in [-0.4, -0.2) is 42.3 Å². The SMILES string of the molecule is CC[C@H](C)Oc1cccc(NC(=O)N2C[C@H]3[C@H](C2)[C@H]2CC[C@H]3O2)c1. The predicted octanol–water partition coefficient (Wildman–Crippen LogP) is 3.51. The quantitative estimate of drug-likeness (QED) is 0.919. The van der Waals surface area contributed by atoms with Gasteiger partial charge < -0.3 is 19.7 Å². The molecule has 5 heteroatoms. The maximum Gasteiger partial charge on any atom is 0.321 e. The van der Waals surface area contributed by atoms with Gasteiger partial charge in [0.05, 0.1) is 18.3 Å². The third-order valence-corrected chi connectivity index (χ3v) is 5.74. The van der Waals surface area contributed by atoms with Gasteiger partial charge >= 0.3 is 6.03 Å². The van der Waals surface area contributed by atoms with Crippen molar-refractivity contribution in [2.75, 3.05) is 18.4 Å². The molecule has 130 valence electrons. The molecule has 3 aliphatic heterocycles. The molecule has 2 amide bonds. The molecule has 1 aromatic rings. The lowest BCUT2D eigenvalue weighted by molar-refractivity contribution is 0.0747. The Hall–Kier alpha value is -1.75. The zero-order valence-corrected chi connectivity index (χ0v) is 14.4. The third kappa shape index (κ3) is 2.86. The van der Waals surface area contributed by atoms with E-state index in [-0.39, 0.29) is 12.1 Å². The molecule has 5 nitrogen and oxygen atoms in total. The Balaban J connectivity index is 1.37. The molecule has 2 bridgehead atoms. The second-order valence-electron chi connectivity index (χ2n) is 7.32. The molecule has 0 radical (unpaired) electrons. The lowest BCUT2D eigenvalue weighted by Gasteiger charge is -2.20. The lowest BCUT2D eigenvalue weighted by atomic mass is 9.82. The highest BCUT2D eigenvalue weighted by Gasteiger charge is 2.53. The normalized spacial score (nSPS) is 31.8. The molecule has 1 N–H and O–H groups in total. The van der Waals surface area contributed by atoms with Gasteiger partial charge in [0, 0.05) is 36.7 Å². The van der Waals surface area contributed by atoms with Crippen LogP contribution in [0.5, 0.6) is 5.75 Å². The summed E-state index contributed by atoms with van der Waals surface area (Å²) in [6.45, 7) is 5.78. The van der Waals surface area contributed by atoms with Crippen LogP contribution in [0, 0.1) is 11.8 Å². The number of rotatable bonds is 4. The molecule has 3 heterocycles. The minimum Gasteiger partial charge on any atom is -0.491 e. The van der Waals surface area contributed by atoms with Crippen molar-refractivity contribution in [2.45, 2.75) is 51.4 Å². The fraction of sp³-hybridized carbons (Fsp3) is 0.632. The molecule has 0 unspecified atom stereocenters. The summed E-state index contributed by atoms with van der Waals surface area (Å²) in [5.74, 6) is 1.87. The number of likely N-dealkylation sites (tertiary alicyclic amines) is 1. The second kappa shape index (κ2) is 6.28. The highest BCUT2D eigenvalue weighted by Crippen LogP contribution is 2.47. The Kier molecular flexibility index (Phi) is 4.12. The van der Waals surface area contributed by atoms with Crippen LogP contribution in [0.4, 0.5) is 10.5 Å². The first kappa shape index (κ1) is 15.8. The summed E-state index contributed by atoms with van der Waals surface area (Å²) < 4.78 is 11.8. The van der Waals surface area contributed by atoms with Crippen molar-refractivity contribution < 1.29 is 14.3 Å². The van der Waals surface area contributed by atoms with Crippen LogP contribution in [0.25, 0.3) is 0 Å². The minimum atomic E-state index is -0.00973. The van der Waals surface area contributed by atoms with Crippen LogP contribution in [0.2, 0.25) is 0 Å². The molecular weight excluding hydrogens is 304 g/mol. The molecule has 3 saturated heterocycles. The van der Waals surface area contributed by atoms with Crippen LogP contribution in [0.3, 0.4) is 0 Å². The molecule has 0 saturated carbocycles. The van der Waals surface area contributed by atoms with Crippen LogP contribution < -0.4 is 10.1 Å². The van der Waals surface area contributed by atoms with Crippen LogP contribution in [0.15, 0.2) is 24.3 Å². The molecule has 3 fully saturated rings. The lowest BCUT2D eigenvalue weighted by Crippen LogP contribution is -2.35. The number of nitrogens with zero attached hydrogens (tertiary/aromatic N) is 1. The van der Waals surface area contributed by atoms with Gasteiger partial charge in [-0.3, -0.25) is 0 Å². The minimum absolute atomic E-state index is 0.00973. The van der Waals surface area contributed by atoms with Crippen molar-refractivity contribution >= 4 is 11.7 Å². The number of ether oxygens (including phenoxy) is 2. The first-order chi connectivity index (χ1) is 11.6. The number of carbonyl (C=O) groups excluding carboxylic acids is 1. The van der Waals surface area contributed by atoms with E-state index < -0.39 is 0 Å². The Morgan fingerprint density at radius 2 is 2.04 bits per heavy atom. The Labute approximate surface area is 143 Å². The zero-order valence-electron chi connectivity index (χ0n) is 14.4. The molecule has 4 rings (SSSR count). The van der Waals surface area contributed by atoms with Crippen molar-refractivity contribution in [3.8, 4) is 5.75 Å². The van der Waals surface area contributed by atoms with Gasteiger partial charge in [-0.1, -0.05) is 13.0 Å². The van der Waals surface area contributed by atoms with Crippen molar-refractivity contribution in [3.05, 3.63) is 24.3 Å². The number of hydrogen-bond donors (Lipinski definition) is 1. The average molecular weight is 330 g/mol. The molecule has 3 aliphatic rings. The molecule has 0 aliphatic carbocycles. The van der Waals surface area contributed by atoms with Crippen LogP contribution in [0.1, 0.15) is 33.1 Å².